The third kappa shape index (κ3) is 4.72. The molecule has 2 aromatic rings. The smallest absolute Gasteiger partial charge is 0.274 e. The number of anilines is 1. The van der Waals surface area contributed by atoms with Crippen LogP contribution in [-0.2, 0) is 11.2 Å². The van der Waals surface area contributed by atoms with Crippen molar-refractivity contribution < 1.29 is 9.59 Å². The normalized spacial score (nSPS) is 18.0. The van der Waals surface area contributed by atoms with Crippen LogP contribution >= 0.6 is 0 Å². The summed E-state index contributed by atoms with van der Waals surface area (Å²) in [6, 6.07) is 14.3. The second kappa shape index (κ2) is 9.03. The van der Waals surface area contributed by atoms with Crippen LogP contribution in [0.2, 0.25) is 0 Å². The first-order valence-electron chi connectivity index (χ1n) is 10.3. The predicted octanol–water partition coefficient (Wildman–Crippen LogP) is 1.85. The number of rotatable bonds is 5. The molecule has 152 valence electrons. The van der Waals surface area contributed by atoms with Crippen molar-refractivity contribution in [2.24, 2.45) is 5.92 Å². The van der Waals surface area contributed by atoms with Crippen LogP contribution in [0.4, 0.5) is 5.82 Å². The number of aromatic nitrogens is 2. The molecule has 2 aliphatic heterocycles. The van der Waals surface area contributed by atoms with Gasteiger partial charge in [-0.2, -0.15) is 0 Å². The summed E-state index contributed by atoms with van der Waals surface area (Å²) in [5.41, 5.74) is 1.77. The van der Waals surface area contributed by atoms with E-state index in [0.717, 1.165) is 44.6 Å². The van der Waals surface area contributed by atoms with Crippen LogP contribution in [0, 0.1) is 5.92 Å². The van der Waals surface area contributed by atoms with Gasteiger partial charge in [0.1, 0.15) is 0 Å². The van der Waals surface area contributed by atoms with Gasteiger partial charge in [0.25, 0.3) is 5.91 Å². The van der Waals surface area contributed by atoms with Gasteiger partial charge in [0, 0.05) is 39.3 Å². The van der Waals surface area contributed by atoms with E-state index in [1.54, 1.807) is 15.9 Å². The van der Waals surface area contributed by atoms with Gasteiger partial charge in [-0.25, -0.2) is 0 Å². The SMILES string of the molecule is O=CN1CCN(C(=O)c2ccc(N3CCC(Cc4ccccc4)CC3)nn2)CC1. The molecule has 0 saturated carbocycles. The first-order valence-corrected chi connectivity index (χ1v) is 10.3. The van der Waals surface area contributed by atoms with Gasteiger partial charge in [-0.1, -0.05) is 30.3 Å². The highest BCUT2D eigenvalue weighted by molar-refractivity contribution is 5.92. The molecule has 2 saturated heterocycles. The average Bonchev–Trinajstić information content (AvgIpc) is 2.80. The number of hydrogen-bond acceptors (Lipinski definition) is 5. The van der Waals surface area contributed by atoms with Crippen LogP contribution in [0.5, 0.6) is 0 Å². The van der Waals surface area contributed by atoms with E-state index in [1.165, 1.54) is 5.56 Å². The maximum Gasteiger partial charge on any atom is 0.274 e. The van der Waals surface area contributed by atoms with E-state index in [9.17, 15) is 9.59 Å². The zero-order chi connectivity index (χ0) is 20.1. The van der Waals surface area contributed by atoms with Gasteiger partial charge in [0.2, 0.25) is 6.41 Å². The van der Waals surface area contributed by atoms with E-state index in [0.29, 0.717) is 37.8 Å². The maximum absolute atomic E-state index is 12.6. The minimum Gasteiger partial charge on any atom is -0.355 e. The molecule has 7 heteroatoms. The predicted molar refractivity (Wildman–Crippen MR) is 111 cm³/mol. The highest BCUT2D eigenvalue weighted by atomic mass is 16.2. The fraction of sp³-hybridized carbons (Fsp3) is 0.455. The maximum atomic E-state index is 12.6. The van der Waals surface area contributed by atoms with E-state index in [4.69, 9.17) is 0 Å². The Kier molecular flexibility index (Phi) is 6.03. The van der Waals surface area contributed by atoms with Crippen molar-refractivity contribution in [1.82, 2.24) is 20.0 Å². The van der Waals surface area contributed by atoms with Crippen LogP contribution < -0.4 is 4.90 Å². The van der Waals surface area contributed by atoms with Gasteiger partial charge in [-0.05, 0) is 42.9 Å². The summed E-state index contributed by atoms with van der Waals surface area (Å²) in [7, 11) is 0. The molecular weight excluding hydrogens is 366 g/mol. The number of carbonyl (C=O) groups excluding carboxylic acids is 2. The van der Waals surface area contributed by atoms with Gasteiger partial charge in [-0.3, -0.25) is 9.59 Å². The molecule has 2 fully saturated rings. The van der Waals surface area contributed by atoms with Gasteiger partial charge in [0.05, 0.1) is 0 Å². The summed E-state index contributed by atoms with van der Waals surface area (Å²) in [5, 5.41) is 8.51. The summed E-state index contributed by atoms with van der Waals surface area (Å²) in [5.74, 6) is 1.43. The second-order valence-corrected chi connectivity index (χ2v) is 7.83. The zero-order valence-corrected chi connectivity index (χ0v) is 16.6. The summed E-state index contributed by atoms with van der Waals surface area (Å²) in [6.07, 6.45) is 4.24. The average molecular weight is 393 g/mol. The molecule has 1 aromatic carbocycles. The van der Waals surface area contributed by atoms with Crippen LogP contribution in [0.25, 0.3) is 0 Å². The molecule has 7 nitrogen and oxygen atoms in total. The molecule has 2 amide bonds. The van der Waals surface area contributed by atoms with Crippen LogP contribution in [-0.4, -0.2) is 71.6 Å². The highest BCUT2D eigenvalue weighted by Gasteiger charge is 2.24. The summed E-state index contributed by atoms with van der Waals surface area (Å²) in [6.45, 7) is 4.14. The van der Waals surface area contributed by atoms with Crippen molar-refractivity contribution in [1.29, 1.82) is 0 Å². The van der Waals surface area contributed by atoms with Crippen molar-refractivity contribution in [3.05, 3.63) is 53.7 Å². The van der Waals surface area contributed by atoms with Crippen molar-refractivity contribution in [3.63, 3.8) is 0 Å². The fourth-order valence-corrected chi connectivity index (χ4v) is 4.11. The number of nitrogens with zero attached hydrogens (tertiary/aromatic N) is 5. The topological polar surface area (TPSA) is 69.6 Å². The minimum atomic E-state index is -0.115. The van der Waals surface area contributed by atoms with Crippen molar-refractivity contribution in [3.8, 4) is 0 Å². The Morgan fingerprint density at radius 1 is 0.931 bits per heavy atom. The van der Waals surface area contributed by atoms with Gasteiger partial charge in [-0.15, -0.1) is 10.2 Å². The molecule has 0 radical (unpaired) electrons. The lowest BCUT2D eigenvalue weighted by Gasteiger charge is -2.33. The number of carbonyl (C=O) groups is 2. The Labute approximate surface area is 171 Å². The summed E-state index contributed by atoms with van der Waals surface area (Å²) >= 11 is 0. The van der Waals surface area contributed by atoms with Crippen LogP contribution in [0.15, 0.2) is 42.5 Å². The monoisotopic (exact) mass is 393 g/mol. The Balaban J connectivity index is 1.29. The van der Waals surface area contributed by atoms with E-state index in [2.05, 4.69) is 45.4 Å². The quantitative estimate of drug-likeness (QED) is 0.725. The van der Waals surface area contributed by atoms with Gasteiger partial charge >= 0.3 is 0 Å². The Morgan fingerprint density at radius 2 is 1.66 bits per heavy atom. The van der Waals surface area contributed by atoms with Crippen LogP contribution in [0.3, 0.4) is 0 Å². The first-order chi connectivity index (χ1) is 14.2. The van der Waals surface area contributed by atoms with Crippen LogP contribution in [0.1, 0.15) is 28.9 Å². The van der Waals surface area contributed by atoms with E-state index >= 15 is 0 Å². The molecule has 2 aliphatic rings. The van der Waals surface area contributed by atoms with E-state index in [1.807, 2.05) is 6.07 Å². The van der Waals surface area contributed by atoms with Crippen molar-refractivity contribution >= 4 is 18.1 Å². The molecule has 1 aromatic heterocycles. The lowest BCUT2D eigenvalue weighted by molar-refractivity contribution is -0.119. The van der Waals surface area contributed by atoms with Gasteiger partial charge in [0.15, 0.2) is 11.5 Å². The Morgan fingerprint density at radius 3 is 2.28 bits per heavy atom. The Bertz CT molecular complexity index is 811. The summed E-state index contributed by atoms with van der Waals surface area (Å²) in [4.78, 5) is 29.1. The lowest BCUT2D eigenvalue weighted by atomic mass is 9.90. The molecule has 0 atom stereocenters. The number of piperazine rings is 1. The number of benzene rings is 1. The van der Waals surface area contributed by atoms with Gasteiger partial charge < -0.3 is 14.7 Å². The standard InChI is InChI=1S/C22H27N5O2/c28-17-25-12-14-27(15-13-25)22(29)20-6-7-21(24-23-20)26-10-8-19(9-11-26)16-18-4-2-1-3-5-18/h1-7,17,19H,8-16H2. The van der Waals surface area contributed by atoms with E-state index < -0.39 is 0 Å². The molecule has 3 heterocycles. The third-order valence-corrected chi connectivity index (χ3v) is 5.93. The largest absolute Gasteiger partial charge is 0.355 e. The second-order valence-electron chi connectivity index (χ2n) is 7.83. The third-order valence-electron chi connectivity index (χ3n) is 5.93. The molecule has 4 rings (SSSR count). The fourth-order valence-electron chi connectivity index (χ4n) is 4.11. The van der Waals surface area contributed by atoms with Crippen molar-refractivity contribution in [2.45, 2.75) is 19.3 Å². The number of piperidine rings is 1. The minimum absolute atomic E-state index is 0.115. The molecule has 0 unspecified atom stereocenters. The lowest BCUT2D eigenvalue weighted by Crippen LogP contribution is -2.48. The number of amides is 2. The number of hydrogen-bond donors (Lipinski definition) is 0. The zero-order valence-electron chi connectivity index (χ0n) is 16.6. The highest BCUT2D eigenvalue weighted by Crippen LogP contribution is 2.24. The molecule has 0 bridgehead atoms. The molecule has 0 N–H and O–H groups in total. The molecule has 29 heavy (non-hydrogen) atoms. The Hall–Kier alpha value is -2.96. The molecule has 0 spiro atoms. The molecular formula is C22H27N5O2. The summed E-state index contributed by atoms with van der Waals surface area (Å²) < 4.78 is 0. The molecule has 0 aliphatic carbocycles. The van der Waals surface area contributed by atoms with Crippen molar-refractivity contribution in [2.75, 3.05) is 44.2 Å². The first kappa shape index (κ1) is 19.4. The van der Waals surface area contributed by atoms with E-state index in [-0.39, 0.29) is 5.91 Å².